The number of methoxy groups -OCH3 is 3. The van der Waals surface area contributed by atoms with Gasteiger partial charge in [-0.1, -0.05) is 0 Å². The summed E-state index contributed by atoms with van der Waals surface area (Å²) < 4.78 is 26.0. The molecule has 1 aromatic carbocycles. The molecule has 1 aliphatic rings. The first-order valence-electron chi connectivity index (χ1n) is 10.7. The second kappa shape index (κ2) is 11.6. The van der Waals surface area contributed by atoms with Crippen molar-refractivity contribution in [1.82, 2.24) is 0 Å². The fourth-order valence-electron chi connectivity index (χ4n) is 3.62. The van der Waals surface area contributed by atoms with Gasteiger partial charge in [-0.15, -0.1) is 11.3 Å². The van der Waals surface area contributed by atoms with Gasteiger partial charge in [-0.25, -0.2) is 9.59 Å². The van der Waals surface area contributed by atoms with Crippen molar-refractivity contribution in [2.75, 3.05) is 39.9 Å². The van der Waals surface area contributed by atoms with E-state index in [0.717, 1.165) is 29.7 Å². The largest absolute Gasteiger partial charge is 0.493 e. The zero-order chi connectivity index (χ0) is 24.7. The van der Waals surface area contributed by atoms with E-state index in [9.17, 15) is 14.4 Å². The van der Waals surface area contributed by atoms with Gasteiger partial charge in [-0.2, -0.15) is 0 Å². The predicted molar refractivity (Wildman–Crippen MR) is 127 cm³/mol. The minimum absolute atomic E-state index is 0.243. The third kappa shape index (κ3) is 5.69. The lowest BCUT2D eigenvalue weighted by molar-refractivity contribution is -0.142. The maximum Gasteiger partial charge on any atom is 0.341 e. The van der Waals surface area contributed by atoms with Gasteiger partial charge in [-0.3, -0.25) is 4.79 Å². The summed E-state index contributed by atoms with van der Waals surface area (Å²) in [6.45, 7) is 1.48. The van der Waals surface area contributed by atoms with Crippen LogP contribution in [0.15, 0.2) is 18.2 Å². The summed E-state index contributed by atoms with van der Waals surface area (Å²) >= 11 is 1.36. The highest BCUT2D eigenvalue weighted by molar-refractivity contribution is 7.17. The maximum atomic E-state index is 12.4. The number of carbonyl (C=O) groups excluding carboxylic acids is 3. The lowest BCUT2D eigenvalue weighted by atomic mass is 10.1. The van der Waals surface area contributed by atoms with Crippen molar-refractivity contribution >= 4 is 40.3 Å². The van der Waals surface area contributed by atoms with Crippen LogP contribution in [-0.4, -0.2) is 52.4 Å². The van der Waals surface area contributed by atoms with Gasteiger partial charge in [0.25, 0.3) is 5.91 Å². The van der Waals surface area contributed by atoms with E-state index in [2.05, 4.69) is 5.32 Å². The Labute approximate surface area is 201 Å². The molecule has 0 spiro atoms. The van der Waals surface area contributed by atoms with Crippen molar-refractivity contribution in [2.24, 2.45) is 0 Å². The van der Waals surface area contributed by atoms with Gasteiger partial charge in [0.15, 0.2) is 18.1 Å². The standard InChI is InChI=1S/C24H27NO8S/c1-5-32-24(28)21-15-7-6-8-18(15)34-23(21)25-19(26)13-33-20(27)10-9-14-11-16(29-2)22(31-4)17(12-14)30-3/h9-12H,5-8,13H2,1-4H3,(H,25,26)/b10-9+. The van der Waals surface area contributed by atoms with Crippen molar-refractivity contribution in [3.8, 4) is 17.2 Å². The van der Waals surface area contributed by atoms with Gasteiger partial charge >= 0.3 is 11.9 Å². The number of hydrogen-bond acceptors (Lipinski definition) is 9. The molecule has 9 nitrogen and oxygen atoms in total. The number of amides is 1. The minimum atomic E-state index is -0.705. The van der Waals surface area contributed by atoms with Crippen molar-refractivity contribution in [2.45, 2.75) is 26.2 Å². The predicted octanol–water partition coefficient (Wildman–Crippen LogP) is 3.63. The Hall–Kier alpha value is -3.53. The first-order chi connectivity index (χ1) is 16.4. The van der Waals surface area contributed by atoms with Crippen molar-refractivity contribution in [3.05, 3.63) is 39.8 Å². The highest BCUT2D eigenvalue weighted by Crippen LogP contribution is 2.40. The van der Waals surface area contributed by atoms with Gasteiger partial charge in [0, 0.05) is 11.0 Å². The molecule has 1 heterocycles. The fourth-order valence-corrected chi connectivity index (χ4v) is 4.91. The molecule has 34 heavy (non-hydrogen) atoms. The van der Waals surface area contributed by atoms with Gasteiger partial charge in [0.2, 0.25) is 5.75 Å². The van der Waals surface area contributed by atoms with Gasteiger partial charge in [0.05, 0.1) is 33.5 Å². The number of thiophene rings is 1. The molecule has 0 saturated carbocycles. The summed E-state index contributed by atoms with van der Waals surface area (Å²) in [6.07, 6.45) is 5.31. The SMILES string of the molecule is CCOC(=O)c1c(NC(=O)COC(=O)/C=C/c2cc(OC)c(OC)c(OC)c2)sc2c1CCC2. The quantitative estimate of drug-likeness (QED) is 0.398. The number of esters is 2. The smallest absolute Gasteiger partial charge is 0.341 e. The molecule has 0 aliphatic heterocycles. The summed E-state index contributed by atoms with van der Waals surface area (Å²) in [7, 11) is 4.48. The first kappa shape index (κ1) is 25.1. The Morgan fingerprint density at radius 3 is 2.35 bits per heavy atom. The Balaban J connectivity index is 1.62. The number of anilines is 1. The van der Waals surface area contributed by atoms with Gasteiger partial charge in [-0.05, 0) is 55.5 Å². The van der Waals surface area contributed by atoms with E-state index in [1.165, 1.54) is 44.8 Å². The van der Waals surface area contributed by atoms with Crippen LogP contribution in [0.3, 0.4) is 0 Å². The van der Waals surface area contributed by atoms with Crippen LogP contribution in [0, 0.1) is 0 Å². The van der Waals surface area contributed by atoms with Crippen LogP contribution in [0.2, 0.25) is 0 Å². The van der Waals surface area contributed by atoms with Crippen LogP contribution in [-0.2, 0) is 31.9 Å². The number of aryl methyl sites for hydroxylation is 1. The van der Waals surface area contributed by atoms with E-state index in [4.69, 9.17) is 23.7 Å². The number of benzene rings is 1. The normalized spacial score (nSPS) is 12.2. The zero-order valence-corrected chi connectivity index (χ0v) is 20.3. The molecule has 1 aromatic heterocycles. The Morgan fingerprint density at radius 1 is 1.03 bits per heavy atom. The number of ether oxygens (including phenoxy) is 5. The molecule has 3 rings (SSSR count). The zero-order valence-electron chi connectivity index (χ0n) is 19.5. The lowest BCUT2D eigenvalue weighted by Crippen LogP contribution is -2.21. The third-order valence-electron chi connectivity index (χ3n) is 5.10. The van der Waals surface area contributed by atoms with Crippen molar-refractivity contribution in [3.63, 3.8) is 0 Å². The van der Waals surface area contributed by atoms with Crippen LogP contribution < -0.4 is 19.5 Å². The molecule has 1 N–H and O–H groups in total. The summed E-state index contributed by atoms with van der Waals surface area (Å²) in [5.41, 5.74) is 1.95. The van der Waals surface area contributed by atoms with Crippen LogP contribution in [0.25, 0.3) is 6.08 Å². The minimum Gasteiger partial charge on any atom is -0.493 e. The summed E-state index contributed by atoms with van der Waals surface area (Å²) in [5, 5.41) is 3.11. The Morgan fingerprint density at radius 2 is 1.74 bits per heavy atom. The molecule has 1 aliphatic carbocycles. The molecule has 2 aromatic rings. The summed E-state index contributed by atoms with van der Waals surface area (Å²) in [4.78, 5) is 38.0. The molecule has 10 heteroatoms. The Bertz CT molecular complexity index is 1080. The molecule has 182 valence electrons. The number of hydrogen-bond donors (Lipinski definition) is 1. The van der Waals surface area contributed by atoms with E-state index in [-0.39, 0.29) is 6.61 Å². The maximum absolute atomic E-state index is 12.4. The number of fused-ring (bicyclic) bond motifs is 1. The molecule has 0 fully saturated rings. The second-order valence-electron chi connectivity index (χ2n) is 7.23. The first-order valence-corrected chi connectivity index (χ1v) is 11.5. The van der Waals surface area contributed by atoms with Crippen LogP contribution in [0.4, 0.5) is 5.00 Å². The van der Waals surface area contributed by atoms with Crippen LogP contribution in [0.1, 0.15) is 39.7 Å². The van der Waals surface area contributed by atoms with E-state index >= 15 is 0 Å². The van der Waals surface area contributed by atoms with E-state index in [1.54, 1.807) is 19.1 Å². The van der Waals surface area contributed by atoms with Crippen LogP contribution in [0.5, 0.6) is 17.2 Å². The summed E-state index contributed by atoms with van der Waals surface area (Å²) in [6, 6.07) is 3.34. The van der Waals surface area contributed by atoms with Gasteiger partial charge < -0.3 is 29.0 Å². The molecule has 1 amide bonds. The van der Waals surface area contributed by atoms with Crippen molar-refractivity contribution < 1.29 is 38.1 Å². The molecular weight excluding hydrogens is 462 g/mol. The van der Waals surface area contributed by atoms with E-state index in [1.807, 2.05) is 0 Å². The number of rotatable bonds is 10. The molecule has 0 bridgehead atoms. The van der Waals surface area contributed by atoms with Crippen LogP contribution >= 0.6 is 11.3 Å². The highest BCUT2D eigenvalue weighted by atomic mass is 32.1. The molecular formula is C24H27NO8S. The topological polar surface area (TPSA) is 109 Å². The third-order valence-corrected chi connectivity index (χ3v) is 6.31. The molecule has 0 radical (unpaired) electrons. The van der Waals surface area contributed by atoms with E-state index in [0.29, 0.717) is 33.4 Å². The number of nitrogens with one attached hydrogen (secondary N) is 1. The van der Waals surface area contributed by atoms with Crippen molar-refractivity contribution in [1.29, 1.82) is 0 Å². The van der Waals surface area contributed by atoms with E-state index < -0.39 is 24.5 Å². The lowest BCUT2D eigenvalue weighted by Gasteiger charge is -2.12. The second-order valence-corrected chi connectivity index (χ2v) is 8.34. The average Bonchev–Trinajstić information content (AvgIpc) is 3.41. The fraction of sp³-hybridized carbons (Fsp3) is 0.375. The monoisotopic (exact) mass is 489 g/mol. The number of carbonyl (C=O) groups is 3. The van der Waals surface area contributed by atoms with Gasteiger partial charge in [0.1, 0.15) is 5.00 Å². The Kier molecular flexibility index (Phi) is 8.53. The molecule has 0 atom stereocenters. The highest BCUT2D eigenvalue weighted by Gasteiger charge is 2.28. The molecule has 0 saturated heterocycles. The average molecular weight is 490 g/mol. The molecule has 0 unspecified atom stereocenters. The summed E-state index contributed by atoms with van der Waals surface area (Å²) in [5.74, 6) is -0.391.